The number of rotatable bonds is 6. The highest BCUT2D eigenvalue weighted by Crippen LogP contribution is 2.37. The van der Waals surface area contributed by atoms with E-state index in [9.17, 15) is 9.59 Å². The molecule has 32 heavy (non-hydrogen) atoms. The van der Waals surface area contributed by atoms with Crippen molar-refractivity contribution in [2.24, 2.45) is 0 Å². The first-order valence-electron chi connectivity index (χ1n) is 10.5. The zero-order chi connectivity index (χ0) is 23.3. The van der Waals surface area contributed by atoms with Crippen molar-refractivity contribution >= 4 is 23.4 Å². The molecule has 8 nitrogen and oxygen atoms in total. The van der Waals surface area contributed by atoms with Crippen molar-refractivity contribution in [3.63, 3.8) is 0 Å². The second-order valence-electron chi connectivity index (χ2n) is 8.69. The van der Waals surface area contributed by atoms with Crippen molar-refractivity contribution in [3.05, 3.63) is 54.1 Å². The zero-order valence-corrected chi connectivity index (χ0v) is 19.3. The van der Waals surface area contributed by atoms with Crippen LogP contribution in [0.3, 0.4) is 0 Å². The Labute approximate surface area is 189 Å². The molecule has 2 amide bonds. The third kappa shape index (κ3) is 6.37. The Morgan fingerprint density at radius 1 is 1.19 bits per heavy atom. The van der Waals surface area contributed by atoms with E-state index in [-0.39, 0.29) is 18.4 Å². The standard InChI is InChI=1S/C24H31N3O5/c1-24(2,3)32-23(29)25-18-11-12-21-20(13-18)27(15-17-9-7-6-8-10-17)16-19(31-21)14-22(28)26(4)30-5/h6-13,19H,14-16H2,1-5H3,(H,25,29)/t19-/m0/s1. The van der Waals surface area contributed by atoms with Crippen LogP contribution in [-0.4, -0.2) is 49.5 Å². The Balaban J connectivity index is 1.83. The first kappa shape index (κ1) is 23.4. The number of anilines is 2. The van der Waals surface area contributed by atoms with Gasteiger partial charge in [-0.15, -0.1) is 0 Å². The molecular formula is C24H31N3O5. The van der Waals surface area contributed by atoms with E-state index in [4.69, 9.17) is 14.3 Å². The molecule has 1 aliphatic rings. The smallest absolute Gasteiger partial charge is 0.412 e. The number of hydrogen-bond acceptors (Lipinski definition) is 6. The summed E-state index contributed by atoms with van der Waals surface area (Å²) < 4.78 is 11.5. The SMILES string of the molecule is CON(C)C(=O)C[C@H]1CN(Cc2ccccc2)c2cc(NC(=O)OC(C)(C)C)ccc2O1. The van der Waals surface area contributed by atoms with Crippen molar-refractivity contribution in [1.82, 2.24) is 5.06 Å². The Bertz CT molecular complexity index is 942. The molecule has 2 aromatic carbocycles. The van der Waals surface area contributed by atoms with Gasteiger partial charge in [-0.1, -0.05) is 30.3 Å². The van der Waals surface area contributed by atoms with E-state index in [1.807, 2.05) is 45.0 Å². The van der Waals surface area contributed by atoms with Crippen LogP contribution in [0.2, 0.25) is 0 Å². The predicted octanol–water partition coefficient (Wildman–Crippen LogP) is 4.21. The summed E-state index contributed by atoms with van der Waals surface area (Å²) >= 11 is 0. The molecule has 2 aromatic rings. The van der Waals surface area contributed by atoms with Crippen LogP contribution in [-0.2, 0) is 20.9 Å². The van der Waals surface area contributed by atoms with E-state index in [1.165, 1.54) is 12.2 Å². The van der Waals surface area contributed by atoms with E-state index in [0.29, 0.717) is 24.5 Å². The number of nitrogens with one attached hydrogen (secondary N) is 1. The van der Waals surface area contributed by atoms with Crippen molar-refractivity contribution in [2.45, 2.75) is 45.4 Å². The van der Waals surface area contributed by atoms with Crippen molar-refractivity contribution in [2.75, 3.05) is 30.9 Å². The first-order chi connectivity index (χ1) is 15.1. The fraction of sp³-hybridized carbons (Fsp3) is 0.417. The minimum Gasteiger partial charge on any atom is -0.486 e. The zero-order valence-electron chi connectivity index (χ0n) is 19.3. The number of hydrogen-bond donors (Lipinski definition) is 1. The van der Waals surface area contributed by atoms with Crippen molar-refractivity contribution < 1.29 is 23.9 Å². The number of benzene rings is 2. The molecule has 0 aromatic heterocycles. The van der Waals surface area contributed by atoms with Gasteiger partial charge in [-0.05, 0) is 44.5 Å². The number of fused-ring (bicyclic) bond motifs is 1. The fourth-order valence-electron chi connectivity index (χ4n) is 3.41. The molecule has 0 saturated carbocycles. The van der Waals surface area contributed by atoms with Gasteiger partial charge < -0.3 is 14.4 Å². The van der Waals surface area contributed by atoms with E-state index in [2.05, 4.69) is 22.3 Å². The second-order valence-corrected chi connectivity index (χ2v) is 8.69. The Morgan fingerprint density at radius 2 is 1.91 bits per heavy atom. The molecule has 0 radical (unpaired) electrons. The average molecular weight is 442 g/mol. The highest BCUT2D eigenvalue weighted by atomic mass is 16.7. The van der Waals surface area contributed by atoms with E-state index < -0.39 is 11.7 Å². The second kappa shape index (κ2) is 9.91. The first-order valence-corrected chi connectivity index (χ1v) is 10.5. The third-order valence-electron chi connectivity index (χ3n) is 4.91. The molecule has 8 heteroatoms. The maximum absolute atomic E-state index is 12.3. The summed E-state index contributed by atoms with van der Waals surface area (Å²) in [7, 11) is 3.03. The molecule has 0 spiro atoms. The van der Waals surface area contributed by atoms with Crippen LogP contribution >= 0.6 is 0 Å². The Kier molecular flexibility index (Phi) is 7.25. The molecule has 1 atom stereocenters. The number of carbonyl (C=O) groups excluding carboxylic acids is 2. The predicted molar refractivity (Wildman–Crippen MR) is 123 cm³/mol. The summed E-state index contributed by atoms with van der Waals surface area (Å²) in [6.07, 6.45) is -0.664. The van der Waals surface area contributed by atoms with Gasteiger partial charge in [0.25, 0.3) is 0 Å². The molecule has 0 fully saturated rings. The van der Waals surface area contributed by atoms with Gasteiger partial charge in [0.15, 0.2) is 0 Å². The van der Waals surface area contributed by atoms with Crippen LogP contribution in [0.25, 0.3) is 0 Å². The van der Waals surface area contributed by atoms with Crippen LogP contribution in [0.15, 0.2) is 48.5 Å². The van der Waals surface area contributed by atoms with Crippen LogP contribution in [0.4, 0.5) is 16.2 Å². The number of ether oxygens (including phenoxy) is 2. The lowest BCUT2D eigenvalue weighted by Crippen LogP contribution is -2.42. The maximum Gasteiger partial charge on any atom is 0.412 e. The fourth-order valence-corrected chi connectivity index (χ4v) is 3.41. The molecule has 0 saturated heterocycles. The molecule has 0 aliphatic carbocycles. The lowest BCUT2D eigenvalue weighted by molar-refractivity contribution is -0.170. The maximum atomic E-state index is 12.3. The van der Waals surface area contributed by atoms with E-state index >= 15 is 0 Å². The Hall–Kier alpha value is -3.26. The summed E-state index contributed by atoms with van der Waals surface area (Å²) in [5.74, 6) is 0.489. The van der Waals surface area contributed by atoms with Crippen molar-refractivity contribution in [3.8, 4) is 5.75 Å². The number of nitrogens with zero attached hydrogens (tertiary/aromatic N) is 2. The van der Waals surface area contributed by atoms with Crippen molar-refractivity contribution in [1.29, 1.82) is 0 Å². The van der Waals surface area contributed by atoms with Gasteiger partial charge in [-0.3, -0.25) is 14.9 Å². The van der Waals surface area contributed by atoms with Gasteiger partial charge in [0.2, 0.25) is 5.91 Å². The molecular weight excluding hydrogens is 410 g/mol. The van der Waals surface area contributed by atoms with Gasteiger partial charge in [-0.25, -0.2) is 9.86 Å². The van der Waals surface area contributed by atoms with Gasteiger partial charge in [0.05, 0.1) is 25.8 Å². The third-order valence-corrected chi connectivity index (χ3v) is 4.91. The highest BCUT2D eigenvalue weighted by molar-refractivity contribution is 5.86. The Morgan fingerprint density at radius 3 is 2.56 bits per heavy atom. The van der Waals surface area contributed by atoms with E-state index in [1.54, 1.807) is 19.2 Å². The van der Waals surface area contributed by atoms with Crippen LogP contribution in [0, 0.1) is 0 Å². The summed E-state index contributed by atoms with van der Waals surface area (Å²) in [6.45, 7) is 6.60. The number of amides is 2. The summed E-state index contributed by atoms with van der Waals surface area (Å²) in [6, 6.07) is 15.5. The number of hydroxylamine groups is 2. The minimum atomic E-state index is -0.587. The molecule has 1 N–H and O–H groups in total. The molecule has 0 bridgehead atoms. The lowest BCUT2D eigenvalue weighted by Gasteiger charge is -2.37. The average Bonchev–Trinajstić information content (AvgIpc) is 2.72. The topological polar surface area (TPSA) is 80.3 Å². The van der Waals surface area contributed by atoms with Gasteiger partial charge in [0.1, 0.15) is 17.5 Å². The van der Waals surface area contributed by atoms with Gasteiger partial charge in [0, 0.05) is 19.3 Å². The number of carbonyl (C=O) groups is 2. The monoisotopic (exact) mass is 441 g/mol. The van der Waals surface area contributed by atoms with Gasteiger partial charge >= 0.3 is 6.09 Å². The lowest BCUT2D eigenvalue weighted by atomic mass is 10.1. The van der Waals surface area contributed by atoms with Crippen LogP contribution < -0.4 is 15.0 Å². The molecule has 3 rings (SSSR count). The molecule has 172 valence electrons. The van der Waals surface area contributed by atoms with E-state index in [0.717, 1.165) is 11.3 Å². The highest BCUT2D eigenvalue weighted by Gasteiger charge is 2.29. The summed E-state index contributed by atoms with van der Waals surface area (Å²) in [5.41, 5.74) is 1.99. The minimum absolute atomic E-state index is 0.163. The largest absolute Gasteiger partial charge is 0.486 e. The van der Waals surface area contributed by atoms with Crippen LogP contribution in [0.1, 0.15) is 32.8 Å². The summed E-state index contributed by atoms with van der Waals surface area (Å²) in [4.78, 5) is 31.7. The molecule has 0 unspecified atom stereocenters. The molecule has 1 aliphatic heterocycles. The molecule has 1 heterocycles. The quantitative estimate of drug-likeness (QED) is 0.677. The van der Waals surface area contributed by atoms with Crippen LogP contribution in [0.5, 0.6) is 5.75 Å². The summed E-state index contributed by atoms with van der Waals surface area (Å²) in [5, 5.41) is 3.98. The van der Waals surface area contributed by atoms with Gasteiger partial charge in [-0.2, -0.15) is 0 Å². The normalized spacial score (nSPS) is 15.4.